The number of rotatable bonds is 1. The first-order chi connectivity index (χ1) is 6.18. The van der Waals surface area contributed by atoms with Crippen molar-refractivity contribution in [2.75, 3.05) is 0 Å². The summed E-state index contributed by atoms with van der Waals surface area (Å²) >= 11 is 0. The third kappa shape index (κ3) is 1.22. The lowest BCUT2D eigenvalue weighted by atomic mass is 10.0. The largest absolute Gasteiger partial charge is 0.478 e. The van der Waals surface area contributed by atoms with E-state index in [2.05, 4.69) is 4.99 Å². The molecule has 13 heavy (non-hydrogen) atoms. The van der Waals surface area contributed by atoms with Crippen LogP contribution in [0.5, 0.6) is 0 Å². The number of nitrogens with zero attached hydrogens (tertiary/aromatic N) is 1. The fraction of sp³-hybridized carbons (Fsp3) is 0.200. The predicted octanol–water partition coefficient (Wildman–Crippen LogP) is 1.71. The molecule has 0 atom stereocenters. The molecule has 1 heterocycles. The molecule has 1 aliphatic heterocycles. The normalized spacial score (nSPS) is 13.8. The topological polar surface area (TPSA) is 49.7 Å². The third-order valence-electron chi connectivity index (χ3n) is 2.23. The Kier molecular flexibility index (Phi) is 1.65. The third-order valence-corrected chi connectivity index (χ3v) is 2.23. The quantitative estimate of drug-likeness (QED) is 0.706. The smallest absolute Gasteiger partial charge is 0.335 e. The van der Waals surface area contributed by atoms with Gasteiger partial charge in [0.05, 0.1) is 12.1 Å². The molecular formula is C10H9NO2. The first kappa shape index (κ1) is 7.98. The van der Waals surface area contributed by atoms with E-state index < -0.39 is 5.97 Å². The van der Waals surface area contributed by atoms with E-state index in [0.717, 1.165) is 16.8 Å². The number of aromatic carboxylic acids is 1. The van der Waals surface area contributed by atoms with E-state index in [-0.39, 0.29) is 0 Å². The zero-order valence-corrected chi connectivity index (χ0v) is 7.24. The molecule has 0 bridgehead atoms. The average Bonchev–Trinajstić information content (AvgIpc) is 2.47. The van der Waals surface area contributed by atoms with Gasteiger partial charge in [-0.05, 0) is 24.6 Å². The highest BCUT2D eigenvalue weighted by Gasteiger charge is 2.14. The standard InChI is InChI=1S/C10H9NO2/c1-6-9-4-7(10(12)13)2-3-8(9)5-11-6/h2-4H,5H2,1H3,(H,12,13). The van der Waals surface area contributed by atoms with Crippen molar-refractivity contribution in [2.45, 2.75) is 13.5 Å². The highest BCUT2D eigenvalue weighted by Crippen LogP contribution is 2.20. The zero-order chi connectivity index (χ0) is 9.42. The van der Waals surface area contributed by atoms with E-state index in [1.807, 2.05) is 13.0 Å². The molecule has 0 amide bonds. The molecule has 3 nitrogen and oxygen atoms in total. The highest BCUT2D eigenvalue weighted by molar-refractivity contribution is 6.03. The van der Waals surface area contributed by atoms with Gasteiger partial charge in [-0.15, -0.1) is 0 Å². The molecule has 66 valence electrons. The van der Waals surface area contributed by atoms with Crippen molar-refractivity contribution in [2.24, 2.45) is 4.99 Å². The van der Waals surface area contributed by atoms with Crippen LogP contribution >= 0.6 is 0 Å². The van der Waals surface area contributed by atoms with Gasteiger partial charge < -0.3 is 5.11 Å². The van der Waals surface area contributed by atoms with Crippen LogP contribution in [0.2, 0.25) is 0 Å². The second kappa shape index (κ2) is 2.69. The molecule has 1 aromatic carbocycles. The number of hydrogen-bond donors (Lipinski definition) is 1. The average molecular weight is 175 g/mol. The van der Waals surface area contributed by atoms with Crippen LogP contribution in [0, 0.1) is 0 Å². The summed E-state index contributed by atoms with van der Waals surface area (Å²) in [6.07, 6.45) is 0. The Morgan fingerprint density at radius 3 is 3.00 bits per heavy atom. The van der Waals surface area contributed by atoms with Crippen LogP contribution in [-0.2, 0) is 6.54 Å². The molecule has 0 aliphatic carbocycles. The summed E-state index contributed by atoms with van der Waals surface area (Å²) in [6, 6.07) is 5.14. The number of carboxylic acids is 1. The van der Waals surface area contributed by atoms with Gasteiger partial charge in [-0.2, -0.15) is 0 Å². The molecule has 1 aromatic rings. The Labute approximate surface area is 75.7 Å². The summed E-state index contributed by atoms with van der Waals surface area (Å²) < 4.78 is 0. The molecule has 0 saturated heterocycles. The Hall–Kier alpha value is -1.64. The fourth-order valence-electron chi connectivity index (χ4n) is 1.47. The molecule has 0 aromatic heterocycles. The van der Waals surface area contributed by atoms with E-state index in [0.29, 0.717) is 12.1 Å². The monoisotopic (exact) mass is 175 g/mol. The Morgan fingerprint density at radius 2 is 2.31 bits per heavy atom. The minimum absolute atomic E-state index is 0.329. The summed E-state index contributed by atoms with van der Waals surface area (Å²) in [5.41, 5.74) is 3.34. The molecule has 0 fully saturated rings. The van der Waals surface area contributed by atoms with Gasteiger partial charge in [0.25, 0.3) is 0 Å². The summed E-state index contributed by atoms with van der Waals surface area (Å²) in [7, 11) is 0. The van der Waals surface area contributed by atoms with Gasteiger partial charge in [0.2, 0.25) is 0 Å². The molecule has 2 rings (SSSR count). The van der Waals surface area contributed by atoms with Crippen LogP contribution in [0.3, 0.4) is 0 Å². The molecule has 0 unspecified atom stereocenters. The number of aliphatic imine (C=N–C) groups is 1. The number of hydrogen-bond acceptors (Lipinski definition) is 2. The lowest BCUT2D eigenvalue weighted by Crippen LogP contribution is -2.00. The minimum atomic E-state index is -0.887. The van der Waals surface area contributed by atoms with Crippen molar-refractivity contribution < 1.29 is 9.90 Å². The minimum Gasteiger partial charge on any atom is -0.478 e. The Bertz CT molecular complexity index is 407. The lowest BCUT2D eigenvalue weighted by Gasteiger charge is -2.00. The van der Waals surface area contributed by atoms with Crippen molar-refractivity contribution in [3.8, 4) is 0 Å². The van der Waals surface area contributed by atoms with Gasteiger partial charge in [0.15, 0.2) is 0 Å². The molecule has 1 N–H and O–H groups in total. The summed E-state index contributed by atoms with van der Waals surface area (Å²) in [5.74, 6) is -0.887. The second-order valence-electron chi connectivity index (χ2n) is 3.08. The first-order valence-corrected chi connectivity index (χ1v) is 4.06. The fourth-order valence-corrected chi connectivity index (χ4v) is 1.47. The van der Waals surface area contributed by atoms with Gasteiger partial charge in [0, 0.05) is 11.3 Å². The molecule has 1 aliphatic rings. The van der Waals surface area contributed by atoms with Crippen molar-refractivity contribution in [3.05, 3.63) is 34.9 Å². The van der Waals surface area contributed by atoms with E-state index >= 15 is 0 Å². The van der Waals surface area contributed by atoms with Crippen molar-refractivity contribution in [1.29, 1.82) is 0 Å². The summed E-state index contributed by atoms with van der Waals surface area (Å²) in [6.45, 7) is 2.58. The summed E-state index contributed by atoms with van der Waals surface area (Å²) in [4.78, 5) is 14.9. The molecule has 0 spiro atoms. The zero-order valence-electron chi connectivity index (χ0n) is 7.24. The van der Waals surface area contributed by atoms with E-state index in [4.69, 9.17) is 5.11 Å². The molecule has 0 radical (unpaired) electrons. The molecule has 3 heteroatoms. The van der Waals surface area contributed by atoms with Crippen LogP contribution in [0.25, 0.3) is 0 Å². The van der Waals surface area contributed by atoms with Crippen molar-refractivity contribution in [3.63, 3.8) is 0 Å². The Morgan fingerprint density at radius 1 is 1.54 bits per heavy atom. The van der Waals surface area contributed by atoms with E-state index in [1.165, 1.54) is 0 Å². The van der Waals surface area contributed by atoms with Crippen LogP contribution in [0.1, 0.15) is 28.4 Å². The lowest BCUT2D eigenvalue weighted by molar-refractivity contribution is 0.0697. The van der Waals surface area contributed by atoms with Crippen LogP contribution in [0.15, 0.2) is 23.2 Å². The highest BCUT2D eigenvalue weighted by atomic mass is 16.4. The number of benzene rings is 1. The second-order valence-corrected chi connectivity index (χ2v) is 3.08. The van der Waals surface area contributed by atoms with Crippen LogP contribution in [-0.4, -0.2) is 16.8 Å². The maximum absolute atomic E-state index is 10.7. The predicted molar refractivity (Wildman–Crippen MR) is 49.3 cm³/mol. The van der Waals surface area contributed by atoms with Crippen LogP contribution < -0.4 is 0 Å². The first-order valence-electron chi connectivity index (χ1n) is 4.06. The van der Waals surface area contributed by atoms with Crippen molar-refractivity contribution in [1.82, 2.24) is 0 Å². The van der Waals surface area contributed by atoms with Gasteiger partial charge in [0.1, 0.15) is 0 Å². The summed E-state index contributed by atoms with van der Waals surface area (Å²) in [5, 5.41) is 8.76. The molecular weight excluding hydrogens is 166 g/mol. The SMILES string of the molecule is CC1=NCc2ccc(C(=O)O)cc21. The Balaban J connectivity index is 2.53. The van der Waals surface area contributed by atoms with Gasteiger partial charge in [-0.1, -0.05) is 6.07 Å². The maximum atomic E-state index is 10.7. The van der Waals surface area contributed by atoms with E-state index in [1.54, 1.807) is 12.1 Å². The number of carboxylic acid groups (broad SMARTS) is 1. The molecule has 0 saturated carbocycles. The number of carbonyl (C=O) groups is 1. The van der Waals surface area contributed by atoms with E-state index in [9.17, 15) is 4.79 Å². The number of fused-ring (bicyclic) bond motifs is 1. The van der Waals surface area contributed by atoms with Crippen molar-refractivity contribution >= 4 is 11.7 Å². The van der Waals surface area contributed by atoms with Gasteiger partial charge in [-0.3, -0.25) is 4.99 Å². The van der Waals surface area contributed by atoms with Gasteiger partial charge in [-0.25, -0.2) is 4.79 Å². The maximum Gasteiger partial charge on any atom is 0.335 e. The van der Waals surface area contributed by atoms with Gasteiger partial charge >= 0.3 is 5.97 Å². The van der Waals surface area contributed by atoms with Crippen LogP contribution in [0.4, 0.5) is 0 Å².